The molecule has 1 fully saturated rings. The van der Waals surface area contributed by atoms with Crippen molar-refractivity contribution in [3.05, 3.63) is 34.3 Å². The largest absolute Gasteiger partial charge is 0.347 e. The number of carbonyl (C=O) groups excluding carboxylic acids is 1. The van der Waals surface area contributed by atoms with Crippen LogP contribution in [0.3, 0.4) is 0 Å². The molecule has 1 amide bonds. The molecule has 2 rings (SSSR count). The van der Waals surface area contributed by atoms with E-state index in [2.05, 4.69) is 38.7 Å². The highest BCUT2D eigenvalue weighted by Crippen LogP contribution is 2.46. The molecule has 18 heavy (non-hydrogen) atoms. The summed E-state index contributed by atoms with van der Waals surface area (Å²) in [5.74, 6) is 0.122. The second-order valence-corrected chi connectivity index (χ2v) is 5.41. The van der Waals surface area contributed by atoms with Crippen LogP contribution in [0.1, 0.15) is 24.8 Å². The summed E-state index contributed by atoms with van der Waals surface area (Å²) in [6.07, 6.45) is 2.61. The van der Waals surface area contributed by atoms with Crippen molar-refractivity contribution in [2.24, 2.45) is 0 Å². The zero-order chi connectivity index (χ0) is 12.3. The van der Waals surface area contributed by atoms with Gasteiger partial charge in [-0.05, 0) is 37.6 Å². The van der Waals surface area contributed by atoms with E-state index in [0.29, 0.717) is 6.42 Å². The van der Waals surface area contributed by atoms with Crippen molar-refractivity contribution in [1.82, 2.24) is 10.6 Å². The summed E-state index contributed by atoms with van der Waals surface area (Å²) in [6, 6.07) is 8.18. The Labute approximate surface area is 122 Å². The summed E-state index contributed by atoms with van der Waals surface area (Å²) in [7, 11) is 1.86. The van der Waals surface area contributed by atoms with Crippen LogP contribution in [-0.2, 0) is 10.3 Å². The Hall–Kier alpha value is -0.580. The third kappa shape index (κ3) is 3.70. The quantitative estimate of drug-likeness (QED) is 0.869. The lowest BCUT2D eigenvalue weighted by molar-refractivity contribution is -0.122. The molecule has 1 aliphatic carbocycles. The van der Waals surface area contributed by atoms with Gasteiger partial charge in [0.05, 0.1) is 5.54 Å². The average Bonchev–Trinajstić information content (AvgIpc) is 3.07. The van der Waals surface area contributed by atoms with Gasteiger partial charge in [0.1, 0.15) is 0 Å². The summed E-state index contributed by atoms with van der Waals surface area (Å²) in [4.78, 5) is 11.8. The second-order valence-electron chi connectivity index (χ2n) is 4.49. The molecular formula is C13H18BrClN2O. The smallest absolute Gasteiger partial charge is 0.221 e. The molecule has 3 nitrogen and oxygen atoms in total. The van der Waals surface area contributed by atoms with Gasteiger partial charge in [-0.25, -0.2) is 0 Å². The zero-order valence-electron chi connectivity index (χ0n) is 10.3. The number of amides is 1. The predicted molar refractivity (Wildman–Crippen MR) is 79.0 cm³/mol. The van der Waals surface area contributed by atoms with Gasteiger partial charge in [-0.15, -0.1) is 12.4 Å². The number of halogens is 2. The Kier molecular flexibility index (Phi) is 5.63. The molecule has 0 spiro atoms. The van der Waals surface area contributed by atoms with E-state index in [1.54, 1.807) is 0 Å². The first-order valence-corrected chi connectivity index (χ1v) is 6.67. The molecule has 1 saturated carbocycles. The highest BCUT2D eigenvalue weighted by atomic mass is 79.9. The number of nitrogens with one attached hydrogen (secondary N) is 2. The van der Waals surface area contributed by atoms with E-state index in [-0.39, 0.29) is 23.9 Å². The van der Waals surface area contributed by atoms with Gasteiger partial charge in [-0.2, -0.15) is 0 Å². The Balaban J connectivity index is 0.00000162. The zero-order valence-corrected chi connectivity index (χ0v) is 12.7. The molecule has 0 heterocycles. The molecule has 0 aliphatic heterocycles. The Morgan fingerprint density at radius 1 is 1.44 bits per heavy atom. The lowest BCUT2D eigenvalue weighted by Gasteiger charge is -2.18. The van der Waals surface area contributed by atoms with Gasteiger partial charge < -0.3 is 10.6 Å². The third-order valence-electron chi connectivity index (χ3n) is 3.11. The van der Waals surface area contributed by atoms with E-state index in [4.69, 9.17) is 0 Å². The van der Waals surface area contributed by atoms with Crippen molar-refractivity contribution in [1.29, 1.82) is 0 Å². The molecule has 0 radical (unpaired) electrons. The fourth-order valence-electron chi connectivity index (χ4n) is 1.96. The van der Waals surface area contributed by atoms with Gasteiger partial charge in [-0.1, -0.05) is 28.1 Å². The van der Waals surface area contributed by atoms with Crippen LogP contribution in [-0.4, -0.2) is 19.5 Å². The van der Waals surface area contributed by atoms with Crippen LogP contribution in [0, 0.1) is 0 Å². The van der Waals surface area contributed by atoms with Gasteiger partial charge in [0.15, 0.2) is 0 Å². The van der Waals surface area contributed by atoms with Crippen LogP contribution in [0.4, 0.5) is 0 Å². The van der Waals surface area contributed by atoms with E-state index in [9.17, 15) is 4.79 Å². The number of hydrogen-bond acceptors (Lipinski definition) is 2. The summed E-state index contributed by atoms with van der Waals surface area (Å²) in [6.45, 7) is 0.723. The van der Waals surface area contributed by atoms with Crippen molar-refractivity contribution < 1.29 is 4.79 Å². The summed E-state index contributed by atoms with van der Waals surface area (Å²) >= 11 is 3.47. The van der Waals surface area contributed by atoms with E-state index >= 15 is 0 Å². The summed E-state index contributed by atoms with van der Waals surface area (Å²) in [5.41, 5.74) is 1.10. The van der Waals surface area contributed by atoms with Gasteiger partial charge in [-0.3, -0.25) is 4.79 Å². The van der Waals surface area contributed by atoms with Crippen LogP contribution in [0.25, 0.3) is 0 Å². The molecule has 1 aromatic carbocycles. The summed E-state index contributed by atoms with van der Waals surface area (Å²) < 4.78 is 1.06. The van der Waals surface area contributed by atoms with Gasteiger partial charge >= 0.3 is 0 Å². The fraction of sp³-hybridized carbons (Fsp3) is 0.462. The van der Waals surface area contributed by atoms with E-state index in [1.807, 2.05) is 19.2 Å². The van der Waals surface area contributed by atoms with Crippen molar-refractivity contribution in [2.45, 2.75) is 24.8 Å². The van der Waals surface area contributed by atoms with E-state index < -0.39 is 0 Å². The Bertz CT molecular complexity index is 421. The maximum absolute atomic E-state index is 11.8. The highest BCUT2D eigenvalue weighted by Gasteiger charge is 2.45. The van der Waals surface area contributed by atoms with Gasteiger partial charge in [0.25, 0.3) is 0 Å². The molecule has 100 valence electrons. The summed E-state index contributed by atoms with van der Waals surface area (Å²) in [5, 5.41) is 6.13. The molecule has 2 N–H and O–H groups in total. The second kappa shape index (κ2) is 6.55. The standard InChI is InChI=1S/C13H17BrN2O.ClH/c1-15-8-5-12(17)16-13(6-7-13)10-3-2-4-11(14)9-10;/h2-4,9,15H,5-8H2,1H3,(H,16,17);1H. The van der Waals surface area contributed by atoms with Gasteiger partial charge in [0.2, 0.25) is 5.91 Å². The van der Waals surface area contributed by atoms with E-state index in [0.717, 1.165) is 23.9 Å². The number of benzene rings is 1. The van der Waals surface area contributed by atoms with Crippen LogP contribution < -0.4 is 10.6 Å². The Morgan fingerprint density at radius 3 is 2.72 bits per heavy atom. The molecule has 0 atom stereocenters. The van der Waals surface area contributed by atoms with E-state index in [1.165, 1.54) is 5.56 Å². The monoisotopic (exact) mass is 332 g/mol. The molecule has 0 aromatic heterocycles. The minimum Gasteiger partial charge on any atom is -0.347 e. The third-order valence-corrected chi connectivity index (χ3v) is 3.60. The lowest BCUT2D eigenvalue weighted by Crippen LogP contribution is -2.36. The lowest BCUT2D eigenvalue weighted by atomic mass is 10.0. The van der Waals surface area contributed by atoms with Crippen molar-refractivity contribution >= 4 is 34.2 Å². The first kappa shape index (κ1) is 15.5. The minimum atomic E-state index is -0.103. The fourth-order valence-corrected chi connectivity index (χ4v) is 2.36. The maximum Gasteiger partial charge on any atom is 0.221 e. The SMILES string of the molecule is CNCCC(=O)NC1(c2cccc(Br)c2)CC1.Cl. The first-order chi connectivity index (χ1) is 8.16. The molecule has 5 heteroatoms. The highest BCUT2D eigenvalue weighted by molar-refractivity contribution is 9.10. The molecule has 1 aliphatic rings. The van der Waals surface area contributed by atoms with Crippen LogP contribution in [0.5, 0.6) is 0 Å². The number of rotatable bonds is 5. The van der Waals surface area contributed by atoms with Crippen molar-refractivity contribution in [3.8, 4) is 0 Å². The molecule has 0 unspecified atom stereocenters. The average molecular weight is 334 g/mol. The number of hydrogen-bond donors (Lipinski definition) is 2. The predicted octanol–water partition coefficient (Wildman–Crippen LogP) is 2.59. The van der Waals surface area contributed by atoms with Crippen LogP contribution in [0.2, 0.25) is 0 Å². The molecule has 1 aromatic rings. The molecular weight excluding hydrogens is 316 g/mol. The van der Waals surface area contributed by atoms with Crippen LogP contribution in [0.15, 0.2) is 28.7 Å². The van der Waals surface area contributed by atoms with Crippen molar-refractivity contribution in [3.63, 3.8) is 0 Å². The number of carbonyl (C=O) groups is 1. The van der Waals surface area contributed by atoms with Crippen molar-refractivity contribution in [2.75, 3.05) is 13.6 Å². The molecule has 0 saturated heterocycles. The first-order valence-electron chi connectivity index (χ1n) is 5.88. The maximum atomic E-state index is 11.8. The topological polar surface area (TPSA) is 41.1 Å². The Morgan fingerprint density at radius 2 is 2.17 bits per heavy atom. The van der Waals surface area contributed by atoms with Gasteiger partial charge in [0, 0.05) is 17.4 Å². The molecule has 0 bridgehead atoms. The minimum absolute atomic E-state index is 0. The van der Waals surface area contributed by atoms with Crippen LogP contribution >= 0.6 is 28.3 Å². The normalized spacial score (nSPS) is 15.7.